The van der Waals surface area contributed by atoms with Crippen molar-refractivity contribution in [2.24, 2.45) is 17.8 Å². The predicted molar refractivity (Wildman–Crippen MR) is 80.4 cm³/mol. The van der Waals surface area contributed by atoms with E-state index in [1.807, 2.05) is 0 Å². The van der Waals surface area contributed by atoms with Crippen molar-refractivity contribution in [2.75, 3.05) is 26.8 Å². The van der Waals surface area contributed by atoms with Crippen LogP contribution in [0.2, 0.25) is 0 Å². The van der Waals surface area contributed by atoms with Gasteiger partial charge in [-0.25, -0.2) is 0 Å². The quantitative estimate of drug-likeness (QED) is 0.736. The van der Waals surface area contributed by atoms with Crippen LogP contribution in [-0.2, 0) is 9.47 Å². The van der Waals surface area contributed by atoms with Crippen molar-refractivity contribution in [3.63, 3.8) is 0 Å². The van der Waals surface area contributed by atoms with E-state index in [0.717, 1.165) is 24.9 Å². The first kappa shape index (κ1) is 16.9. The van der Waals surface area contributed by atoms with Crippen molar-refractivity contribution < 1.29 is 9.47 Å². The van der Waals surface area contributed by atoms with Crippen LogP contribution in [0, 0.1) is 17.8 Å². The Morgan fingerprint density at radius 2 is 1.84 bits per heavy atom. The van der Waals surface area contributed by atoms with E-state index in [2.05, 4.69) is 33.0 Å². The van der Waals surface area contributed by atoms with Crippen LogP contribution < -0.4 is 5.32 Å². The van der Waals surface area contributed by atoms with Crippen LogP contribution in [0.5, 0.6) is 0 Å². The van der Waals surface area contributed by atoms with Crippen LogP contribution in [0.4, 0.5) is 0 Å². The molecule has 0 heterocycles. The van der Waals surface area contributed by atoms with Gasteiger partial charge in [-0.3, -0.25) is 0 Å². The lowest BCUT2D eigenvalue weighted by Gasteiger charge is -2.34. The summed E-state index contributed by atoms with van der Waals surface area (Å²) >= 11 is 0. The summed E-state index contributed by atoms with van der Waals surface area (Å²) in [5.41, 5.74) is 0. The van der Waals surface area contributed by atoms with Crippen LogP contribution in [0.1, 0.15) is 47.0 Å². The van der Waals surface area contributed by atoms with E-state index in [1.54, 1.807) is 7.11 Å². The topological polar surface area (TPSA) is 30.5 Å². The largest absolute Gasteiger partial charge is 0.382 e. The van der Waals surface area contributed by atoms with Crippen molar-refractivity contribution in [2.45, 2.75) is 59.2 Å². The normalized spacial score (nSPS) is 29.7. The Hall–Kier alpha value is -0.120. The molecule has 0 aliphatic heterocycles. The molecule has 1 aliphatic carbocycles. The van der Waals surface area contributed by atoms with Crippen LogP contribution in [0.25, 0.3) is 0 Å². The van der Waals surface area contributed by atoms with E-state index in [0.29, 0.717) is 18.6 Å². The molecule has 3 heteroatoms. The zero-order valence-corrected chi connectivity index (χ0v) is 13.4. The molecule has 3 nitrogen and oxygen atoms in total. The zero-order valence-electron chi connectivity index (χ0n) is 13.4. The summed E-state index contributed by atoms with van der Waals surface area (Å²) in [5, 5.41) is 3.47. The van der Waals surface area contributed by atoms with Gasteiger partial charge in [-0.1, -0.05) is 27.7 Å². The average Bonchev–Trinajstić information content (AvgIpc) is 2.33. The Balaban J connectivity index is 2.31. The Kier molecular flexibility index (Phi) is 7.96. The molecule has 0 bridgehead atoms. The van der Waals surface area contributed by atoms with Crippen molar-refractivity contribution in [3.8, 4) is 0 Å². The Labute approximate surface area is 119 Å². The van der Waals surface area contributed by atoms with Crippen molar-refractivity contribution in [3.05, 3.63) is 0 Å². The van der Waals surface area contributed by atoms with E-state index in [-0.39, 0.29) is 6.10 Å². The Bertz CT molecular complexity index is 233. The maximum Gasteiger partial charge on any atom is 0.0936 e. The third kappa shape index (κ3) is 6.73. The predicted octanol–water partition coefficient (Wildman–Crippen LogP) is 3.09. The highest BCUT2D eigenvalue weighted by atomic mass is 16.5. The minimum absolute atomic E-state index is 0.189. The molecule has 0 amide bonds. The molecular formula is C16H33NO2. The molecule has 1 rings (SSSR count). The number of ether oxygens (including phenoxy) is 2. The van der Waals surface area contributed by atoms with Gasteiger partial charge in [0.2, 0.25) is 0 Å². The molecule has 0 aromatic carbocycles. The van der Waals surface area contributed by atoms with Gasteiger partial charge in [-0.05, 0) is 43.6 Å². The summed E-state index contributed by atoms with van der Waals surface area (Å²) in [6.45, 7) is 11.8. The van der Waals surface area contributed by atoms with E-state index in [4.69, 9.17) is 9.47 Å². The van der Waals surface area contributed by atoms with Gasteiger partial charge < -0.3 is 14.8 Å². The van der Waals surface area contributed by atoms with E-state index >= 15 is 0 Å². The maximum atomic E-state index is 6.24. The first-order valence-electron chi connectivity index (χ1n) is 7.88. The highest BCUT2D eigenvalue weighted by Gasteiger charge is 2.27. The lowest BCUT2D eigenvalue weighted by atomic mass is 9.80. The fourth-order valence-electron chi connectivity index (χ4n) is 2.76. The first-order chi connectivity index (χ1) is 9.02. The van der Waals surface area contributed by atoms with Crippen LogP contribution in [0.15, 0.2) is 0 Å². The van der Waals surface area contributed by atoms with Gasteiger partial charge in [0.25, 0.3) is 0 Å². The summed E-state index contributed by atoms with van der Waals surface area (Å²) in [6.07, 6.45) is 4.31. The van der Waals surface area contributed by atoms with Gasteiger partial charge in [0.05, 0.1) is 18.8 Å². The number of nitrogens with one attached hydrogen (secondary N) is 1. The molecule has 4 unspecified atom stereocenters. The van der Waals surface area contributed by atoms with Gasteiger partial charge >= 0.3 is 0 Å². The van der Waals surface area contributed by atoms with Crippen molar-refractivity contribution in [1.82, 2.24) is 5.32 Å². The van der Waals surface area contributed by atoms with Crippen LogP contribution >= 0.6 is 0 Å². The second kappa shape index (κ2) is 8.93. The van der Waals surface area contributed by atoms with E-state index in [1.165, 1.54) is 19.3 Å². The summed E-state index contributed by atoms with van der Waals surface area (Å²) in [7, 11) is 1.75. The molecule has 114 valence electrons. The molecule has 19 heavy (non-hydrogen) atoms. The van der Waals surface area contributed by atoms with E-state index < -0.39 is 0 Å². The lowest BCUT2D eigenvalue weighted by Crippen LogP contribution is -2.39. The molecule has 0 saturated heterocycles. The Morgan fingerprint density at radius 3 is 2.42 bits per heavy atom. The highest BCUT2D eigenvalue weighted by molar-refractivity contribution is 4.77. The van der Waals surface area contributed by atoms with Crippen LogP contribution in [-0.4, -0.2) is 39.0 Å². The molecule has 1 N–H and O–H groups in total. The van der Waals surface area contributed by atoms with Crippen molar-refractivity contribution >= 4 is 0 Å². The minimum atomic E-state index is 0.189. The smallest absolute Gasteiger partial charge is 0.0936 e. The number of rotatable bonds is 8. The third-order valence-corrected chi connectivity index (χ3v) is 4.21. The summed E-state index contributed by atoms with van der Waals surface area (Å²) in [4.78, 5) is 0. The van der Waals surface area contributed by atoms with Gasteiger partial charge in [0.15, 0.2) is 0 Å². The number of methoxy groups -OCH3 is 1. The second-order valence-electron chi connectivity index (χ2n) is 6.66. The van der Waals surface area contributed by atoms with Gasteiger partial charge in [-0.15, -0.1) is 0 Å². The molecule has 0 radical (unpaired) electrons. The molecule has 1 fully saturated rings. The summed E-state index contributed by atoms with van der Waals surface area (Å²) in [6, 6.07) is 0. The molecule has 0 spiro atoms. The fourth-order valence-corrected chi connectivity index (χ4v) is 2.76. The minimum Gasteiger partial charge on any atom is -0.382 e. The first-order valence-corrected chi connectivity index (χ1v) is 7.88. The molecule has 1 saturated carbocycles. The summed E-state index contributed by atoms with van der Waals surface area (Å²) < 4.78 is 11.5. The standard InChI is InChI=1S/C16H33NO2/c1-12(2)9-17-10-16(11-18-5)19-15-7-6-13(3)14(4)8-15/h12-17H,6-11H2,1-5H3. The monoisotopic (exact) mass is 271 g/mol. The van der Waals surface area contributed by atoms with Crippen molar-refractivity contribution in [1.29, 1.82) is 0 Å². The molecule has 0 aromatic rings. The van der Waals surface area contributed by atoms with Crippen LogP contribution in [0.3, 0.4) is 0 Å². The van der Waals surface area contributed by atoms with E-state index in [9.17, 15) is 0 Å². The Morgan fingerprint density at radius 1 is 1.11 bits per heavy atom. The fraction of sp³-hybridized carbons (Fsp3) is 1.00. The van der Waals surface area contributed by atoms with Gasteiger partial charge in [0.1, 0.15) is 0 Å². The molecule has 0 aromatic heterocycles. The highest BCUT2D eigenvalue weighted by Crippen LogP contribution is 2.31. The SMILES string of the molecule is COCC(CNCC(C)C)OC1CCC(C)C(C)C1. The zero-order chi connectivity index (χ0) is 14.3. The summed E-state index contributed by atoms with van der Waals surface area (Å²) in [5.74, 6) is 2.31. The second-order valence-corrected chi connectivity index (χ2v) is 6.66. The maximum absolute atomic E-state index is 6.24. The number of hydrogen-bond acceptors (Lipinski definition) is 3. The third-order valence-electron chi connectivity index (χ3n) is 4.21. The number of hydrogen-bond donors (Lipinski definition) is 1. The molecular weight excluding hydrogens is 238 g/mol. The molecule has 1 aliphatic rings. The van der Waals surface area contributed by atoms with Gasteiger partial charge in [-0.2, -0.15) is 0 Å². The lowest BCUT2D eigenvalue weighted by molar-refractivity contribution is -0.0720. The van der Waals surface area contributed by atoms with Gasteiger partial charge in [0, 0.05) is 13.7 Å². The average molecular weight is 271 g/mol. The molecule has 4 atom stereocenters.